The summed E-state index contributed by atoms with van der Waals surface area (Å²) in [7, 11) is 0. The first kappa shape index (κ1) is 19.2. The number of hydrogen-bond acceptors (Lipinski definition) is 0. The van der Waals surface area contributed by atoms with E-state index >= 15 is 0 Å². The molecule has 1 aromatic carbocycles. The van der Waals surface area contributed by atoms with Crippen LogP contribution in [0.5, 0.6) is 0 Å². The van der Waals surface area contributed by atoms with E-state index in [-0.39, 0.29) is 0 Å². The van der Waals surface area contributed by atoms with Crippen LogP contribution >= 0.6 is 0 Å². The van der Waals surface area contributed by atoms with Gasteiger partial charge in [-0.25, -0.2) is 0 Å². The average molecular weight is 282 g/mol. The van der Waals surface area contributed by atoms with E-state index < -0.39 is 0 Å². The lowest BCUT2D eigenvalue weighted by atomic mass is 10.1. The Labute approximate surface area is 131 Å². The zero-order valence-electron chi connectivity index (χ0n) is 14.2. The summed E-state index contributed by atoms with van der Waals surface area (Å²) in [5.74, 6) is 0.657. The molecule has 0 atom stereocenters. The van der Waals surface area contributed by atoms with Gasteiger partial charge in [-0.2, -0.15) is 0 Å². The molecule has 0 unspecified atom stereocenters. The van der Waals surface area contributed by atoms with Gasteiger partial charge in [0, 0.05) is 0 Å². The largest absolute Gasteiger partial charge is 0.0999 e. The highest BCUT2D eigenvalue weighted by Crippen LogP contribution is 2.12. The molecule has 0 fully saturated rings. The van der Waals surface area contributed by atoms with Crippen molar-refractivity contribution >= 4 is 6.08 Å². The zero-order valence-corrected chi connectivity index (χ0v) is 14.2. The first-order valence-corrected chi connectivity index (χ1v) is 7.55. The summed E-state index contributed by atoms with van der Waals surface area (Å²) in [6.07, 6.45) is 6.36. The molecule has 0 heterocycles. The van der Waals surface area contributed by atoms with E-state index in [1.165, 1.54) is 11.1 Å². The van der Waals surface area contributed by atoms with Gasteiger partial charge < -0.3 is 0 Å². The van der Waals surface area contributed by atoms with Gasteiger partial charge in [0.25, 0.3) is 0 Å². The van der Waals surface area contributed by atoms with Crippen molar-refractivity contribution in [1.29, 1.82) is 0 Å². The lowest BCUT2D eigenvalue weighted by Crippen LogP contribution is -1.83. The average Bonchev–Trinajstić information content (AvgIpc) is 2.45. The van der Waals surface area contributed by atoms with E-state index in [1.54, 1.807) is 0 Å². The minimum absolute atomic E-state index is 0.657. The van der Waals surface area contributed by atoms with Crippen LogP contribution in [-0.4, -0.2) is 0 Å². The minimum Gasteiger partial charge on any atom is -0.0999 e. The molecule has 1 rings (SSSR count). The predicted octanol–water partition coefficient (Wildman–Crippen LogP) is 6.83. The van der Waals surface area contributed by atoms with E-state index in [1.807, 2.05) is 32.0 Å². The summed E-state index contributed by atoms with van der Waals surface area (Å²) in [4.78, 5) is 0. The molecule has 0 aliphatic carbocycles. The van der Waals surface area contributed by atoms with Gasteiger partial charge in [-0.1, -0.05) is 92.8 Å². The lowest BCUT2D eigenvalue weighted by Gasteiger charge is -2.00. The van der Waals surface area contributed by atoms with Crippen molar-refractivity contribution in [1.82, 2.24) is 0 Å². The Morgan fingerprint density at radius 2 is 1.57 bits per heavy atom. The fourth-order valence-electron chi connectivity index (χ4n) is 1.25. The third-order valence-corrected chi connectivity index (χ3v) is 3.31. The maximum Gasteiger partial charge on any atom is -0.0247 e. The summed E-state index contributed by atoms with van der Waals surface area (Å²) in [5, 5.41) is 0. The Kier molecular flexibility index (Phi) is 9.96. The molecule has 0 radical (unpaired) electrons. The minimum atomic E-state index is 0.657. The topological polar surface area (TPSA) is 0 Å². The van der Waals surface area contributed by atoms with Crippen LogP contribution < -0.4 is 0 Å². The molecule has 0 aliphatic rings. The van der Waals surface area contributed by atoms with Crippen LogP contribution in [0, 0.1) is 5.92 Å². The van der Waals surface area contributed by atoms with Crippen LogP contribution in [0.15, 0.2) is 72.9 Å². The third kappa shape index (κ3) is 10.6. The van der Waals surface area contributed by atoms with E-state index in [0.29, 0.717) is 5.92 Å². The highest BCUT2D eigenvalue weighted by Gasteiger charge is 1.92. The second-order valence-electron chi connectivity index (χ2n) is 5.74. The van der Waals surface area contributed by atoms with Crippen LogP contribution in [0.1, 0.15) is 46.1 Å². The van der Waals surface area contributed by atoms with Gasteiger partial charge in [0.05, 0.1) is 0 Å². The maximum absolute atomic E-state index is 3.97. The van der Waals surface area contributed by atoms with Crippen molar-refractivity contribution < 1.29 is 0 Å². The summed E-state index contributed by atoms with van der Waals surface area (Å²) in [6.45, 7) is 19.9. The molecule has 1 aromatic rings. The van der Waals surface area contributed by atoms with Crippen molar-refractivity contribution in [2.24, 2.45) is 5.92 Å². The lowest BCUT2D eigenvalue weighted by molar-refractivity contribution is 0.773. The number of allylic oxidation sites excluding steroid dienone is 4. The van der Waals surface area contributed by atoms with Gasteiger partial charge in [0.1, 0.15) is 0 Å². The molecule has 114 valence electrons. The van der Waals surface area contributed by atoms with Crippen LogP contribution in [0.25, 0.3) is 6.08 Å². The molecule has 0 N–H and O–H groups in total. The van der Waals surface area contributed by atoms with Gasteiger partial charge in [0.2, 0.25) is 0 Å². The molecule has 0 saturated carbocycles. The summed E-state index contributed by atoms with van der Waals surface area (Å²) >= 11 is 0. The van der Waals surface area contributed by atoms with E-state index in [2.05, 4.69) is 57.9 Å². The van der Waals surface area contributed by atoms with Crippen molar-refractivity contribution in [2.45, 2.75) is 40.5 Å². The molecule has 0 amide bonds. The molecule has 0 bridgehead atoms. The van der Waals surface area contributed by atoms with Gasteiger partial charge in [0.15, 0.2) is 0 Å². The second-order valence-corrected chi connectivity index (χ2v) is 5.74. The van der Waals surface area contributed by atoms with Crippen molar-refractivity contribution in [3.8, 4) is 0 Å². The molecule has 0 nitrogen and oxygen atoms in total. The standard InChI is InChI=1S/C15H18.C6H12/c1-13(2)14(3)9-7-8-12-15-10-5-4-6-11-15;1-5(2)6(3)4/h4-6,8,10-12H,1,3,7,9H2,2H3;6H,1H2,2-4H3/b12-8-;. The molecular formula is C21H30. The van der Waals surface area contributed by atoms with Crippen LogP contribution in [0.2, 0.25) is 0 Å². The number of benzene rings is 1. The van der Waals surface area contributed by atoms with E-state index in [0.717, 1.165) is 24.0 Å². The summed E-state index contributed by atoms with van der Waals surface area (Å²) in [5.41, 5.74) is 4.74. The first-order valence-electron chi connectivity index (χ1n) is 7.55. The number of hydrogen-bond donors (Lipinski definition) is 0. The van der Waals surface area contributed by atoms with Crippen molar-refractivity contribution in [2.75, 3.05) is 0 Å². The zero-order chi connectivity index (χ0) is 16.3. The summed E-state index contributed by atoms with van der Waals surface area (Å²) in [6, 6.07) is 10.3. The van der Waals surface area contributed by atoms with Crippen LogP contribution in [-0.2, 0) is 0 Å². The first-order chi connectivity index (χ1) is 9.84. The van der Waals surface area contributed by atoms with Gasteiger partial charge in [-0.15, -0.1) is 0 Å². The summed E-state index contributed by atoms with van der Waals surface area (Å²) < 4.78 is 0. The van der Waals surface area contributed by atoms with Gasteiger partial charge in [-0.05, 0) is 38.2 Å². The Bertz CT molecular complexity index is 472. The Morgan fingerprint density at radius 1 is 1.05 bits per heavy atom. The fourth-order valence-corrected chi connectivity index (χ4v) is 1.25. The Morgan fingerprint density at radius 3 is 2.00 bits per heavy atom. The normalized spacial score (nSPS) is 10.1. The Hall–Kier alpha value is -1.82. The van der Waals surface area contributed by atoms with Crippen LogP contribution in [0.3, 0.4) is 0 Å². The molecule has 0 spiro atoms. The fraction of sp³-hybridized carbons (Fsp3) is 0.333. The molecule has 0 aliphatic heterocycles. The van der Waals surface area contributed by atoms with E-state index in [4.69, 9.17) is 0 Å². The monoisotopic (exact) mass is 282 g/mol. The SMILES string of the molecule is C=C(C)C(=C)CC/C=C\c1ccccc1.C=C(C)C(C)C. The third-order valence-electron chi connectivity index (χ3n) is 3.31. The van der Waals surface area contributed by atoms with E-state index in [9.17, 15) is 0 Å². The van der Waals surface area contributed by atoms with Gasteiger partial charge in [-0.3, -0.25) is 0 Å². The van der Waals surface area contributed by atoms with Crippen molar-refractivity contribution in [3.63, 3.8) is 0 Å². The molecular weight excluding hydrogens is 252 g/mol. The molecule has 21 heavy (non-hydrogen) atoms. The quantitative estimate of drug-likeness (QED) is 0.396. The van der Waals surface area contributed by atoms with Gasteiger partial charge >= 0.3 is 0 Å². The highest BCUT2D eigenvalue weighted by atomic mass is 14.0. The molecule has 0 heteroatoms. The van der Waals surface area contributed by atoms with Crippen LogP contribution in [0.4, 0.5) is 0 Å². The Balaban J connectivity index is 0.000000567. The highest BCUT2D eigenvalue weighted by molar-refractivity contribution is 5.48. The predicted molar refractivity (Wildman–Crippen MR) is 98.3 cm³/mol. The second kappa shape index (κ2) is 10.9. The molecule has 0 aromatic heterocycles. The van der Waals surface area contributed by atoms with Crippen molar-refractivity contribution in [3.05, 3.63) is 78.4 Å². The maximum atomic E-state index is 3.97. The number of rotatable bonds is 6. The smallest absolute Gasteiger partial charge is 0.0247 e. The molecule has 0 saturated heterocycles.